The molecule has 0 unspecified atom stereocenters. The van der Waals surface area contributed by atoms with Crippen LogP contribution in [0.15, 0.2) is 0 Å². The van der Waals surface area contributed by atoms with Gasteiger partial charge in [0.25, 0.3) is 0 Å². The summed E-state index contributed by atoms with van der Waals surface area (Å²) in [5.41, 5.74) is 0. The summed E-state index contributed by atoms with van der Waals surface area (Å²) in [6.45, 7) is 4.28. The molecule has 5 atom stereocenters. The fraction of sp³-hybridized carbons (Fsp3) is 0.714. The predicted molar refractivity (Wildman–Crippen MR) is 76.2 cm³/mol. The number of nitrogens with one attached hydrogen (secondary N) is 1. The zero-order valence-electron chi connectivity index (χ0n) is 13.8. The van der Waals surface area contributed by atoms with Gasteiger partial charge < -0.3 is 29.4 Å². The zero-order valence-corrected chi connectivity index (χ0v) is 13.8. The summed E-state index contributed by atoms with van der Waals surface area (Å²) in [5, 5.41) is 12.5. The summed E-state index contributed by atoms with van der Waals surface area (Å²) in [5.74, 6) is -2.54. The van der Waals surface area contributed by atoms with E-state index in [0.717, 1.165) is 13.8 Å². The smallest absolute Gasteiger partial charge is 0.303 e. The van der Waals surface area contributed by atoms with Crippen LogP contribution in [0, 0.1) is 0 Å². The van der Waals surface area contributed by atoms with Crippen LogP contribution < -0.4 is 5.32 Å². The van der Waals surface area contributed by atoms with E-state index in [1.165, 1.54) is 13.8 Å². The zero-order chi connectivity index (χ0) is 18.4. The number of ether oxygens (including phenoxy) is 4. The Balaban J connectivity index is 3.11. The number of rotatable bonds is 5. The lowest BCUT2D eigenvalue weighted by Gasteiger charge is -2.43. The van der Waals surface area contributed by atoms with Crippen LogP contribution >= 0.6 is 0 Å². The maximum atomic E-state index is 11.4. The SMILES string of the molecule is CC(=O)N[C@@H]1[C@@H](OC(C)=O)[C@H](OC(C)=O)[C@@H](COC(C)=O)O[C@H]1O. The Bertz CT molecular complexity index is 506. The molecule has 10 heteroatoms. The Morgan fingerprint density at radius 1 is 0.958 bits per heavy atom. The minimum absolute atomic E-state index is 0.338. The molecular weight excluding hydrogens is 326 g/mol. The molecule has 0 aromatic rings. The largest absolute Gasteiger partial charge is 0.463 e. The summed E-state index contributed by atoms with van der Waals surface area (Å²) >= 11 is 0. The van der Waals surface area contributed by atoms with E-state index in [-0.39, 0.29) is 6.61 Å². The number of hydrogen-bond acceptors (Lipinski definition) is 9. The van der Waals surface area contributed by atoms with Gasteiger partial charge >= 0.3 is 17.9 Å². The van der Waals surface area contributed by atoms with Gasteiger partial charge in [0.05, 0.1) is 0 Å². The molecule has 1 fully saturated rings. The van der Waals surface area contributed by atoms with Crippen LogP contribution in [0.3, 0.4) is 0 Å². The summed E-state index contributed by atoms with van der Waals surface area (Å²) in [4.78, 5) is 45.0. The molecule has 0 spiro atoms. The van der Waals surface area contributed by atoms with Gasteiger partial charge in [0, 0.05) is 27.7 Å². The van der Waals surface area contributed by atoms with Crippen LogP contribution in [0.5, 0.6) is 0 Å². The second-order valence-electron chi connectivity index (χ2n) is 5.24. The number of esters is 3. The third-order valence-electron chi connectivity index (χ3n) is 3.09. The molecular formula is C14H21NO9. The predicted octanol–water partition coefficient (Wildman–Crippen LogP) is -1.37. The highest BCUT2D eigenvalue weighted by Crippen LogP contribution is 2.26. The first-order valence-electron chi connectivity index (χ1n) is 7.20. The molecule has 0 aromatic heterocycles. The van der Waals surface area contributed by atoms with E-state index in [1.807, 2.05) is 0 Å². The maximum Gasteiger partial charge on any atom is 0.303 e. The van der Waals surface area contributed by atoms with E-state index in [2.05, 4.69) is 5.32 Å². The molecule has 0 saturated carbocycles. The van der Waals surface area contributed by atoms with Crippen molar-refractivity contribution in [2.75, 3.05) is 6.61 Å². The average molecular weight is 347 g/mol. The fourth-order valence-corrected chi connectivity index (χ4v) is 2.31. The summed E-state index contributed by atoms with van der Waals surface area (Å²) < 4.78 is 20.3. The van der Waals surface area contributed by atoms with Crippen LogP contribution in [0.1, 0.15) is 27.7 Å². The summed E-state index contributed by atoms with van der Waals surface area (Å²) in [7, 11) is 0. The van der Waals surface area contributed by atoms with Gasteiger partial charge in [-0.2, -0.15) is 0 Å². The second kappa shape index (κ2) is 8.60. The van der Waals surface area contributed by atoms with Gasteiger partial charge in [0.15, 0.2) is 18.5 Å². The minimum Gasteiger partial charge on any atom is -0.463 e. The molecule has 1 aliphatic rings. The molecule has 2 N–H and O–H groups in total. The van der Waals surface area contributed by atoms with Crippen molar-refractivity contribution >= 4 is 23.8 Å². The lowest BCUT2D eigenvalue weighted by atomic mass is 9.96. The van der Waals surface area contributed by atoms with Gasteiger partial charge in [-0.25, -0.2) is 0 Å². The third kappa shape index (κ3) is 5.78. The molecule has 1 heterocycles. The van der Waals surface area contributed by atoms with Crippen LogP contribution in [0.25, 0.3) is 0 Å². The highest BCUT2D eigenvalue weighted by molar-refractivity contribution is 5.73. The Morgan fingerprint density at radius 2 is 1.50 bits per heavy atom. The Kier molecular flexibility index (Phi) is 7.11. The molecule has 24 heavy (non-hydrogen) atoms. The molecule has 0 bridgehead atoms. The van der Waals surface area contributed by atoms with Gasteiger partial charge in [-0.1, -0.05) is 0 Å². The Morgan fingerprint density at radius 3 is 1.96 bits per heavy atom. The molecule has 1 amide bonds. The lowest BCUT2D eigenvalue weighted by Crippen LogP contribution is -2.66. The number of hydrogen-bond donors (Lipinski definition) is 2. The molecule has 1 rings (SSSR count). The van der Waals surface area contributed by atoms with Crippen molar-refractivity contribution in [1.82, 2.24) is 5.32 Å². The van der Waals surface area contributed by atoms with Crippen molar-refractivity contribution in [2.45, 2.75) is 58.3 Å². The second-order valence-corrected chi connectivity index (χ2v) is 5.24. The first-order chi connectivity index (χ1) is 11.1. The molecule has 0 aromatic carbocycles. The van der Waals surface area contributed by atoms with E-state index in [4.69, 9.17) is 18.9 Å². The first kappa shape index (κ1) is 19.8. The van der Waals surface area contributed by atoms with E-state index in [1.54, 1.807) is 0 Å². The Labute approximate surface area is 138 Å². The van der Waals surface area contributed by atoms with E-state index in [9.17, 15) is 24.3 Å². The lowest BCUT2D eigenvalue weighted by molar-refractivity contribution is -0.264. The number of amides is 1. The summed E-state index contributed by atoms with van der Waals surface area (Å²) in [6.07, 6.45) is -5.06. The van der Waals surface area contributed by atoms with Gasteiger partial charge in [0.1, 0.15) is 18.8 Å². The van der Waals surface area contributed by atoms with E-state index < -0.39 is 54.5 Å². The number of carbonyl (C=O) groups excluding carboxylic acids is 4. The van der Waals surface area contributed by atoms with E-state index >= 15 is 0 Å². The molecule has 10 nitrogen and oxygen atoms in total. The van der Waals surface area contributed by atoms with Gasteiger partial charge in [-0.05, 0) is 0 Å². The highest BCUT2D eigenvalue weighted by atomic mass is 16.7. The van der Waals surface area contributed by atoms with Crippen molar-refractivity contribution in [3.63, 3.8) is 0 Å². The minimum atomic E-state index is -1.56. The topological polar surface area (TPSA) is 137 Å². The average Bonchev–Trinajstić information content (AvgIpc) is 2.42. The normalized spacial score (nSPS) is 29.3. The number of aliphatic hydroxyl groups excluding tert-OH is 1. The quantitative estimate of drug-likeness (QED) is 0.456. The molecule has 0 radical (unpaired) electrons. The van der Waals surface area contributed by atoms with Crippen LogP contribution in [0.2, 0.25) is 0 Å². The highest BCUT2D eigenvalue weighted by Gasteiger charge is 2.50. The summed E-state index contributed by atoms with van der Waals surface area (Å²) in [6, 6.07) is -1.16. The fourth-order valence-electron chi connectivity index (χ4n) is 2.31. The Hall–Kier alpha value is -2.20. The number of aliphatic hydroxyl groups is 1. The van der Waals surface area contributed by atoms with Crippen molar-refractivity contribution in [1.29, 1.82) is 0 Å². The maximum absolute atomic E-state index is 11.4. The van der Waals surface area contributed by atoms with Crippen molar-refractivity contribution < 1.29 is 43.2 Å². The molecule has 1 aliphatic heterocycles. The van der Waals surface area contributed by atoms with Crippen LogP contribution in [-0.2, 0) is 38.1 Å². The standard InChI is InChI=1S/C14H21NO9/c1-6(16)15-11-13(23-9(4)19)12(22-8(3)18)10(24-14(11)20)5-21-7(2)17/h10-14,20H,5H2,1-4H3,(H,15,16)/t10-,11-,12-,13-,14-/m1/s1. The molecule has 136 valence electrons. The van der Waals surface area contributed by atoms with Gasteiger partial charge in [-0.3, -0.25) is 19.2 Å². The molecule has 1 saturated heterocycles. The van der Waals surface area contributed by atoms with Gasteiger partial charge in [-0.15, -0.1) is 0 Å². The van der Waals surface area contributed by atoms with Crippen molar-refractivity contribution in [3.05, 3.63) is 0 Å². The van der Waals surface area contributed by atoms with Crippen LogP contribution in [-0.4, -0.2) is 66.2 Å². The third-order valence-corrected chi connectivity index (χ3v) is 3.09. The monoisotopic (exact) mass is 347 g/mol. The van der Waals surface area contributed by atoms with E-state index in [0.29, 0.717) is 0 Å². The van der Waals surface area contributed by atoms with Crippen molar-refractivity contribution in [2.24, 2.45) is 0 Å². The van der Waals surface area contributed by atoms with Gasteiger partial charge in [0.2, 0.25) is 5.91 Å². The van der Waals surface area contributed by atoms with Crippen molar-refractivity contribution in [3.8, 4) is 0 Å². The van der Waals surface area contributed by atoms with Crippen LogP contribution in [0.4, 0.5) is 0 Å². The number of carbonyl (C=O) groups is 4. The first-order valence-corrected chi connectivity index (χ1v) is 7.20. The molecule has 0 aliphatic carbocycles.